The van der Waals surface area contributed by atoms with Crippen LogP contribution in [-0.2, 0) is 19.1 Å². The summed E-state index contributed by atoms with van der Waals surface area (Å²) >= 11 is 0. The fourth-order valence-electron chi connectivity index (χ4n) is 3.30. The number of rotatable bonds is 9. The lowest BCUT2D eigenvalue weighted by Gasteiger charge is -2.18. The first-order chi connectivity index (χ1) is 14.2. The van der Waals surface area contributed by atoms with Gasteiger partial charge in [-0.05, 0) is 37.3 Å². The summed E-state index contributed by atoms with van der Waals surface area (Å²) in [7, 11) is 1.22. The van der Waals surface area contributed by atoms with Gasteiger partial charge in [0.15, 0.2) is 6.61 Å². The van der Waals surface area contributed by atoms with Crippen molar-refractivity contribution in [2.24, 2.45) is 5.92 Å². The zero-order valence-electron chi connectivity index (χ0n) is 17.4. The summed E-state index contributed by atoms with van der Waals surface area (Å²) in [5.74, 6) is -1.98. The van der Waals surface area contributed by atoms with Crippen molar-refractivity contribution in [2.45, 2.75) is 39.2 Å². The number of hydrogen-bond acceptors (Lipinski definition) is 8. The summed E-state index contributed by atoms with van der Waals surface area (Å²) in [5.41, 5.74) is 0.254. The van der Waals surface area contributed by atoms with E-state index in [4.69, 9.17) is 4.74 Å². The Morgan fingerprint density at radius 1 is 1.23 bits per heavy atom. The van der Waals surface area contributed by atoms with Gasteiger partial charge in [-0.2, -0.15) is 0 Å². The molecule has 0 radical (unpaired) electrons. The molecule has 0 bridgehead atoms. The molecule has 1 saturated heterocycles. The lowest BCUT2D eigenvalue weighted by atomic mass is 10.0. The number of esters is 2. The molecule has 2 rings (SSSR count). The fraction of sp³-hybridized carbons (Fsp3) is 0.550. The van der Waals surface area contributed by atoms with Gasteiger partial charge in [-0.3, -0.25) is 14.9 Å². The molecule has 1 atom stereocenters. The van der Waals surface area contributed by atoms with Crippen molar-refractivity contribution < 1.29 is 28.8 Å². The highest BCUT2D eigenvalue weighted by atomic mass is 16.6. The van der Waals surface area contributed by atoms with E-state index in [-0.39, 0.29) is 17.2 Å². The van der Waals surface area contributed by atoms with E-state index in [1.165, 1.54) is 19.2 Å². The molecule has 30 heavy (non-hydrogen) atoms. The average Bonchev–Trinajstić information content (AvgIpc) is 3.24. The van der Waals surface area contributed by atoms with Crippen molar-refractivity contribution in [1.29, 1.82) is 0 Å². The lowest BCUT2D eigenvalue weighted by Crippen LogP contribution is -2.44. The highest BCUT2D eigenvalue weighted by Crippen LogP contribution is 2.31. The Bertz CT molecular complexity index is 804. The Labute approximate surface area is 174 Å². The third-order valence-corrected chi connectivity index (χ3v) is 4.72. The maximum Gasteiger partial charge on any atom is 0.338 e. The van der Waals surface area contributed by atoms with E-state index in [1.807, 2.05) is 18.7 Å². The van der Waals surface area contributed by atoms with Crippen molar-refractivity contribution in [2.75, 3.05) is 31.7 Å². The van der Waals surface area contributed by atoms with E-state index in [0.717, 1.165) is 32.0 Å². The van der Waals surface area contributed by atoms with Crippen LogP contribution in [0.2, 0.25) is 0 Å². The van der Waals surface area contributed by atoms with Crippen molar-refractivity contribution in [3.8, 4) is 0 Å². The molecule has 1 amide bonds. The smallest absolute Gasteiger partial charge is 0.338 e. The minimum atomic E-state index is -0.861. The van der Waals surface area contributed by atoms with Crippen LogP contribution >= 0.6 is 0 Å². The van der Waals surface area contributed by atoms with Gasteiger partial charge in [0, 0.05) is 19.2 Å². The summed E-state index contributed by atoms with van der Waals surface area (Å²) in [5, 5.41) is 13.9. The van der Waals surface area contributed by atoms with Crippen LogP contribution in [0.5, 0.6) is 0 Å². The predicted molar refractivity (Wildman–Crippen MR) is 108 cm³/mol. The SMILES string of the molecule is COC(=O)C(CC(C)C)NC(=O)COC(=O)c1ccc(N2CCCC2)c([N+](=O)[O-])c1. The van der Waals surface area contributed by atoms with Gasteiger partial charge in [-0.1, -0.05) is 13.8 Å². The Kier molecular flexibility index (Phi) is 8.14. The van der Waals surface area contributed by atoms with E-state index < -0.39 is 35.4 Å². The van der Waals surface area contributed by atoms with Crippen LogP contribution in [-0.4, -0.2) is 55.6 Å². The number of benzene rings is 1. The van der Waals surface area contributed by atoms with Gasteiger partial charge in [-0.25, -0.2) is 9.59 Å². The van der Waals surface area contributed by atoms with Crippen molar-refractivity contribution in [3.05, 3.63) is 33.9 Å². The zero-order chi connectivity index (χ0) is 22.3. The Morgan fingerprint density at radius 3 is 2.47 bits per heavy atom. The maximum atomic E-state index is 12.3. The number of methoxy groups -OCH3 is 1. The first-order valence-electron chi connectivity index (χ1n) is 9.80. The number of nitro benzene ring substituents is 1. The van der Waals surface area contributed by atoms with E-state index in [1.54, 1.807) is 0 Å². The summed E-state index contributed by atoms with van der Waals surface area (Å²) in [6, 6.07) is 3.28. The summed E-state index contributed by atoms with van der Waals surface area (Å²) in [6.45, 7) is 4.61. The Morgan fingerprint density at radius 2 is 1.90 bits per heavy atom. The van der Waals surface area contributed by atoms with Gasteiger partial charge in [0.1, 0.15) is 11.7 Å². The summed E-state index contributed by atoms with van der Waals surface area (Å²) in [6.07, 6.45) is 2.29. The third kappa shape index (κ3) is 6.16. The van der Waals surface area contributed by atoms with Crippen LogP contribution in [0.15, 0.2) is 18.2 Å². The number of carbonyl (C=O) groups is 3. The zero-order valence-corrected chi connectivity index (χ0v) is 17.4. The molecule has 1 unspecified atom stereocenters. The number of nitrogens with one attached hydrogen (secondary N) is 1. The van der Waals surface area contributed by atoms with E-state index in [2.05, 4.69) is 10.1 Å². The molecule has 1 fully saturated rings. The van der Waals surface area contributed by atoms with Gasteiger partial charge in [-0.15, -0.1) is 0 Å². The highest BCUT2D eigenvalue weighted by Gasteiger charge is 2.26. The standard InChI is InChI=1S/C20H27N3O7/c1-13(2)10-15(20(26)29-3)21-18(24)12-30-19(25)14-6-7-16(17(11-14)23(27)28)22-8-4-5-9-22/h6-7,11,13,15H,4-5,8-10,12H2,1-3H3,(H,21,24). The first kappa shape index (κ1) is 23.1. The summed E-state index contributed by atoms with van der Waals surface area (Å²) < 4.78 is 9.64. The van der Waals surface area contributed by atoms with Gasteiger partial charge in [0.2, 0.25) is 0 Å². The molecular weight excluding hydrogens is 394 g/mol. The Balaban J connectivity index is 2.01. The minimum absolute atomic E-state index is 0.0239. The second-order valence-electron chi connectivity index (χ2n) is 7.50. The van der Waals surface area contributed by atoms with Crippen molar-refractivity contribution in [1.82, 2.24) is 5.32 Å². The molecule has 0 aromatic heterocycles. The van der Waals surface area contributed by atoms with Crippen molar-refractivity contribution in [3.63, 3.8) is 0 Å². The molecular formula is C20H27N3O7. The molecule has 10 heteroatoms. The molecule has 10 nitrogen and oxygen atoms in total. The van der Waals surface area contributed by atoms with Crippen LogP contribution in [0, 0.1) is 16.0 Å². The minimum Gasteiger partial charge on any atom is -0.467 e. The largest absolute Gasteiger partial charge is 0.467 e. The molecule has 164 valence electrons. The molecule has 1 aliphatic rings. The first-order valence-corrected chi connectivity index (χ1v) is 9.80. The second-order valence-corrected chi connectivity index (χ2v) is 7.50. The lowest BCUT2D eigenvalue weighted by molar-refractivity contribution is -0.384. The molecule has 0 saturated carbocycles. The molecule has 1 aromatic carbocycles. The molecule has 1 aromatic rings. The van der Waals surface area contributed by atoms with Crippen LogP contribution in [0.4, 0.5) is 11.4 Å². The quantitative estimate of drug-likeness (QED) is 0.364. The number of anilines is 1. The third-order valence-electron chi connectivity index (χ3n) is 4.72. The van der Waals surface area contributed by atoms with Crippen LogP contribution in [0.25, 0.3) is 0 Å². The average molecular weight is 421 g/mol. The van der Waals surface area contributed by atoms with Crippen LogP contribution < -0.4 is 10.2 Å². The number of amides is 1. The predicted octanol–water partition coefficient (Wildman–Crippen LogP) is 2.06. The normalized spacial score (nSPS) is 14.3. The number of nitrogens with zero attached hydrogens (tertiary/aromatic N) is 2. The monoisotopic (exact) mass is 421 g/mol. The molecule has 1 heterocycles. The maximum absolute atomic E-state index is 12.3. The summed E-state index contributed by atoms with van der Waals surface area (Å²) in [4.78, 5) is 48.9. The van der Waals surface area contributed by atoms with E-state index >= 15 is 0 Å². The number of hydrogen-bond donors (Lipinski definition) is 1. The van der Waals surface area contributed by atoms with Gasteiger partial charge < -0.3 is 19.7 Å². The van der Waals surface area contributed by atoms with E-state index in [0.29, 0.717) is 12.1 Å². The molecule has 1 N–H and O–H groups in total. The van der Waals surface area contributed by atoms with Gasteiger partial charge in [0.25, 0.3) is 11.6 Å². The van der Waals surface area contributed by atoms with Crippen LogP contribution in [0.3, 0.4) is 0 Å². The number of ether oxygens (including phenoxy) is 2. The van der Waals surface area contributed by atoms with Gasteiger partial charge in [0.05, 0.1) is 17.6 Å². The highest BCUT2D eigenvalue weighted by molar-refractivity contribution is 5.93. The number of carbonyl (C=O) groups excluding carboxylic acids is 3. The number of nitro groups is 1. The molecule has 0 aliphatic carbocycles. The molecule has 0 spiro atoms. The van der Waals surface area contributed by atoms with Gasteiger partial charge >= 0.3 is 11.9 Å². The van der Waals surface area contributed by atoms with Crippen molar-refractivity contribution >= 4 is 29.2 Å². The second kappa shape index (κ2) is 10.6. The van der Waals surface area contributed by atoms with Crippen LogP contribution in [0.1, 0.15) is 43.5 Å². The van der Waals surface area contributed by atoms with E-state index in [9.17, 15) is 24.5 Å². The topological polar surface area (TPSA) is 128 Å². The Hall–Kier alpha value is -3.17. The fourth-order valence-corrected chi connectivity index (χ4v) is 3.30. The molecule has 1 aliphatic heterocycles.